The van der Waals surface area contributed by atoms with E-state index in [0.717, 1.165) is 25.1 Å². The lowest BCUT2D eigenvalue weighted by molar-refractivity contribution is -0.119. The van der Waals surface area contributed by atoms with Crippen LogP contribution in [0.25, 0.3) is 11.3 Å². The summed E-state index contributed by atoms with van der Waals surface area (Å²) in [5.41, 5.74) is 3.58. The molecule has 0 amide bonds. The van der Waals surface area contributed by atoms with E-state index < -0.39 is 0 Å². The molecular formula is C19H25N3OS. The van der Waals surface area contributed by atoms with Crippen molar-refractivity contribution in [2.75, 3.05) is 12.8 Å². The van der Waals surface area contributed by atoms with Crippen molar-refractivity contribution in [3.63, 3.8) is 0 Å². The third-order valence-corrected chi connectivity index (χ3v) is 4.64. The van der Waals surface area contributed by atoms with E-state index in [0.29, 0.717) is 18.6 Å². The number of ketones is 1. The van der Waals surface area contributed by atoms with Gasteiger partial charge in [-0.15, -0.1) is 13.2 Å². The average molecular weight is 343 g/mol. The predicted molar refractivity (Wildman–Crippen MR) is 102 cm³/mol. The topological polar surface area (TPSA) is 46.9 Å². The molecule has 5 heteroatoms. The first-order valence-electron chi connectivity index (χ1n) is 8.20. The Hall–Kier alpha value is -1.85. The van der Waals surface area contributed by atoms with Crippen molar-refractivity contribution in [3.8, 4) is 11.3 Å². The Kier molecular flexibility index (Phi) is 7.28. The number of nitrogens with one attached hydrogen (secondary N) is 1. The number of aromatic nitrogens is 2. The number of carbonyl (C=O) groups excluding carboxylic acids is 1. The van der Waals surface area contributed by atoms with Crippen LogP contribution in [0.1, 0.15) is 37.3 Å². The Bertz CT molecular complexity index is 668. The molecule has 2 aromatic rings. The zero-order chi connectivity index (χ0) is 17.4. The Labute approximate surface area is 148 Å². The summed E-state index contributed by atoms with van der Waals surface area (Å²) in [6.07, 6.45) is 8.98. The van der Waals surface area contributed by atoms with Crippen LogP contribution in [0.15, 0.2) is 49.9 Å². The second-order valence-corrected chi connectivity index (χ2v) is 6.28. The van der Waals surface area contributed by atoms with Gasteiger partial charge in [-0.2, -0.15) is 0 Å². The quantitative estimate of drug-likeness (QED) is 0.442. The fraction of sp³-hybridized carbons (Fsp3) is 0.368. The van der Waals surface area contributed by atoms with E-state index >= 15 is 0 Å². The average Bonchev–Trinajstić information content (AvgIpc) is 3.20. The molecule has 1 aliphatic heterocycles. The zero-order valence-electron chi connectivity index (χ0n) is 14.2. The lowest BCUT2D eigenvalue weighted by atomic mass is 9.97. The number of Topliss-reactive ketones (excluding diaryl/α,β-unsaturated/α-hetero) is 1. The third-order valence-electron chi connectivity index (χ3n) is 4.15. The number of hydrogen-bond donors (Lipinski definition) is 1. The van der Waals surface area contributed by atoms with Crippen LogP contribution in [0.3, 0.4) is 0 Å². The molecular weight excluding hydrogens is 318 g/mol. The highest BCUT2D eigenvalue weighted by molar-refractivity contribution is 7.96. The molecule has 0 aliphatic carbocycles. The Morgan fingerprint density at radius 3 is 2.92 bits per heavy atom. The summed E-state index contributed by atoms with van der Waals surface area (Å²) in [4.78, 5) is 16.6. The van der Waals surface area contributed by atoms with Crippen molar-refractivity contribution >= 4 is 17.7 Å². The molecule has 0 saturated heterocycles. The molecule has 0 radical (unpaired) electrons. The van der Waals surface area contributed by atoms with Crippen LogP contribution in [-0.2, 0) is 4.79 Å². The van der Waals surface area contributed by atoms with Gasteiger partial charge in [0.25, 0.3) is 0 Å². The molecule has 1 aliphatic rings. The highest BCUT2D eigenvalue weighted by atomic mass is 32.2. The molecule has 0 fully saturated rings. The zero-order valence-corrected chi connectivity index (χ0v) is 15.0. The van der Waals surface area contributed by atoms with Crippen molar-refractivity contribution < 1.29 is 4.79 Å². The second-order valence-electron chi connectivity index (χ2n) is 5.59. The number of carbonyl (C=O) groups is 1. The van der Waals surface area contributed by atoms with Crippen LogP contribution in [-0.4, -0.2) is 28.1 Å². The maximum Gasteiger partial charge on any atom is 0.135 e. The minimum Gasteiger partial charge on any atom is -0.323 e. The Balaban J connectivity index is 0.00000100. The molecule has 128 valence electrons. The van der Waals surface area contributed by atoms with Crippen molar-refractivity contribution in [3.05, 3.63) is 55.5 Å². The van der Waals surface area contributed by atoms with Crippen LogP contribution in [0.2, 0.25) is 0 Å². The summed E-state index contributed by atoms with van der Waals surface area (Å²) >= 11 is 1.63. The van der Waals surface area contributed by atoms with Gasteiger partial charge in [-0.25, -0.2) is 4.98 Å². The molecule has 4 nitrogen and oxygen atoms in total. The van der Waals surface area contributed by atoms with Crippen LogP contribution in [0.4, 0.5) is 0 Å². The minimum atomic E-state index is 0.116. The summed E-state index contributed by atoms with van der Waals surface area (Å²) in [6.45, 7) is 6.96. The molecule has 3 rings (SSSR count). The van der Waals surface area contributed by atoms with Gasteiger partial charge in [0.1, 0.15) is 5.78 Å². The van der Waals surface area contributed by atoms with Crippen molar-refractivity contribution in [1.82, 2.24) is 14.3 Å². The van der Waals surface area contributed by atoms with E-state index in [-0.39, 0.29) is 6.04 Å². The van der Waals surface area contributed by atoms with E-state index in [4.69, 9.17) is 0 Å². The van der Waals surface area contributed by atoms with Gasteiger partial charge in [0.2, 0.25) is 0 Å². The van der Waals surface area contributed by atoms with Crippen LogP contribution < -0.4 is 4.72 Å². The highest BCUT2D eigenvalue weighted by Crippen LogP contribution is 2.40. The van der Waals surface area contributed by atoms with Gasteiger partial charge >= 0.3 is 0 Å². The van der Waals surface area contributed by atoms with E-state index in [1.165, 1.54) is 11.1 Å². The summed E-state index contributed by atoms with van der Waals surface area (Å²) < 4.78 is 5.35. The van der Waals surface area contributed by atoms with Gasteiger partial charge in [-0.1, -0.05) is 36.2 Å². The van der Waals surface area contributed by atoms with E-state index in [1.807, 2.05) is 30.9 Å². The molecule has 1 aromatic carbocycles. The maximum atomic E-state index is 12.3. The number of nitrogens with zero attached hydrogens (tertiary/aromatic N) is 2. The van der Waals surface area contributed by atoms with Gasteiger partial charge in [0.05, 0.1) is 24.3 Å². The van der Waals surface area contributed by atoms with Crippen molar-refractivity contribution in [1.29, 1.82) is 0 Å². The molecule has 1 N–H and O–H groups in total. The predicted octanol–water partition coefficient (Wildman–Crippen LogP) is 4.25. The molecule has 0 saturated carbocycles. The van der Waals surface area contributed by atoms with Gasteiger partial charge in [-0.3, -0.25) is 9.52 Å². The fourth-order valence-electron chi connectivity index (χ4n) is 3.08. The van der Waals surface area contributed by atoms with Gasteiger partial charge in [-0.05, 0) is 24.7 Å². The third kappa shape index (κ3) is 4.16. The molecule has 1 atom stereocenters. The molecule has 0 bridgehead atoms. The smallest absolute Gasteiger partial charge is 0.135 e. The van der Waals surface area contributed by atoms with Crippen molar-refractivity contribution in [2.24, 2.45) is 0 Å². The number of hydrogen-bond acceptors (Lipinski definition) is 4. The first-order valence-corrected chi connectivity index (χ1v) is 9.42. The Morgan fingerprint density at radius 1 is 1.33 bits per heavy atom. The van der Waals surface area contributed by atoms with Crippen LogP contribution in [0.5, 0.6) is 0 Å². The second kappa shape index (κ2) is 9.45. The number of fused-ring (bicyclic) bond motifs is 3. The first-order chi connectivity index (χ1) is 11.8. The molecule has 1 aromatic heterocycles. The first kappa shape index (κ1) is 18.5. The lowest BCUT2D eigenvalue weighted by Gasteiger charge is -2.14. The van der Waals surface area contributed by atoms with Gasteiger partial charge in [0.15, 0.2) is 0 Å². The largest absolute Gasteiger partial charge is 0.323 e. The number of imidazole rings is 1. The van der Waals surface area contributed by atoms with Gasteiger partial charge in [0, 0.05) is 24.9 Å². The standard InChI is InChI=1S/C17H21N3OS.C2H4/c1-22-19-9-5-4-6-13(21)10-16-14-7-2-3-8-15(14)17-11-18-12-20(16)17;1-2/h2-3,7-8,11-12,16,19H,4-6,9-10H2,1H3;1-2H2. The highest BCUT2D eigenvalue weighted by Gasteiger charge is 2.29. The number of unbranched alkanes of at least 4 members (excludes halogenated alkanes) is 1. The van der Waals surface area contributed by atoms with E-state index in [1.54, 1.807) is 11.9 Å². The lowest BCUT2D eigenvalue weighted by Crippen LogP contribution is -2.12. The SMILES string of the molecule is C=C.CSNCCCCC(=O)CC1c2ccccc2-c2cncn21. The monoisotopic (exact) mass is 343 g/mol. The van der Waals surface area contributed by atoms with Crippen molar-refractivity contribution in [2.45, 2.75) is 31.7 Å². The normalized spacial score (nSPS) is 14.5. The molecule has 1 unspecified atom stereocenters. The number of rotatable bonds is 8. The summed E-state index contributed by atoms with van der Waals surface area (Å²) in [6, 6.07) is 8.44. The minimum absolute atomic E-state index is 0.116. The number of benzene rings is 1. The van der Waals surface area contributed by atoms with Gasteiger partial charge < -0.3 is 4.57 Å². The summed E-state index contributed by atoms with van der Waals surface area (Å²) in [5, 5.41) is 0. The Morgan fingerprint density at radius 2 is 2.12 bits per heavy atom. The van der Waals surface area contributed by atoms with E-state index in [9.17, 15) is 4.79 Å². The maximum absolute atomic E-state index is 12.3. The fourth-order valence-corrected chi connectivity index (χ4v) is 3.43. The van der Waals surface area contributed by atoms with E-state index in [2.05, 4.69) is 39.6 Å². The van der Waals surface area contributed by atoms with Crippen LogP contribution in [0, 0.1) is 0 Å². The summed E-state index contributed by atoms with van der Waals surface area (Å²) in [5.74, 6) is 0.338. The molecule has 2 heterocycles. The van der Waals surface area contributed by atoms with Crippen LogP contribution >= 0.6 is 11.9 Å². The molecule has 0 spiro atoms. The molecule has 24 heavy (non-hydrogen) atoms. The summed E-state index contributed by atoms with van der Waals surface area (Å²) in [7, 11) is 0.